The van der Waals surface area contributed by atoms with Gasteiger partial charge in [-0.25, -0.2) is 4.79 Å². The van der Waals surface area contributed by atoms with Crippen LogP contribution in [0.5, 0.6) is 5.75 Å². The molecule has 8 heteroatoms. The first-order valence-corrected chi connectivity index (χ1v) is 12.7. The Balaban J connectivity index is 1.78. The molecule has 0 aromatic heterocycles. The molecular weight excluding hydrogens is 466 g/mol. The van der Waals surface area contributed by atoms with E-state index in [4.69, 9.17) is 13.7 Å². The number of alkyl carbamates (subject to hydrolysis) is 1. The highest BCUT2D eigenvalue weighted by Crippen LogP contribution is 2.26. The number of carbonyl (C=O) groups is 1. The van der Waals surface area contributed by atoms with Crippen LogP contribution in [0.4, 0.5) is 4.79 Å². The van der Waals surface area contributed by atoms with Gasteiger partial charge >= 0.3 is 16.2 Å². The van der Waals surface area contributed by atoms with Gasteiger partial charge in [0.25, 0.3) is 0 Å². The summed E-state index contributed by atoms with van der Waals surface area (Å²) in [5.41, 5.74) is 1.92. The number of benzene rings is 3. The van der Waals surface area contributed by atoms with Crippen molar-refractivity contribution < 1.29 is 26.9 Å². The van der Waals surface area contributed by atoms with E-state index in [0.717, 1.165) is 11.1 Å². The van der Waals surface area contributed by atoms with Gasteiger partial charge in [0.2, 0.25) is 0 Å². The quantitative estimate of drug-likeness (QED) is 0.390. The lowest BCUT2D eigenvalue weighted by molar-refractivity contribution is 0.0273. The Morgan fingerprint density at radius 1 is 0.943 bits per heavy atom. The largest absolute Gasteiger partial charge is 0.444 e. The Hall–Kier alpha value is -3.36. The lowest BCUT2D eigenvalue weighted by Gasteiger charge is -2.23. The molecule has 0 radical (unpaired) electrons. The first-order chi connectivity index (χ1) is 16.5. The van der Waals surface area contributed by atoms with Crippen LogP contribution in [-0.2, 0) is 26.2 Å². The summed E-state index contributed by atoms with van der Waals surface area (Å²) in [6, 6.07) is 22.7. The van der Waals surface area contributed by atoms with Gasteiger partial charge in [-0.3, -0.25) is 0 Å². The van der Waals surface area contributed by atoms with Gasteiger partial charge in [-0.15, -0.1) is 0 Å². The fourth-order valence-electron chi connectivity index (χ4n) is 3.18. The van der Waals surface area contributed by atoms with Gasteiger partial charge in [-0.05, 0) is 63.1 Å². The predicted octanol–water partition coefficient (Wildman–Crippen LogP) is 5.55. The first kappa shape index (κ1) is 26.2. The molecule has 1 unspecified atom stereocenters. The Labute approximate surface area is 207 Å². The summed E-state index contributed by atoms with van der Waals surface area (Å²) in [6.07, 6.45) is -1.14. The molecule has 0 aliphatic heterocycles. The van der Waals surface area contributed by atoms with Crippen molar-refractivity contribution in [2.45, 2.75) is 50.9 Å². The zero-order valence-electron chi connectivity index (χ0n) is 20.4. The second-order valence-electron chi connectivity index (χ2n) is 9.09. The Morgan fingerprint density at radius 2 is 1.63 bits per heavy atom. The van der Waals surface area contributed by atoms with E-state index < -0.39 is 27.9 Å². The summed E-state index contributed by atoms with van der Waals surface area (Å²) < 4.78 is 42.3. The second kappa shape index (κ2) is 11.4. The first-order valence-electron chi connectivity index (χ1n) is 11.3. The fourth-order valence-corrected chi connectivity index (χ4v) is 4.10. The van der Waals surface area contributed by atoms with Crippen molar-refractivity contribution in [3.05, 3.63) is 95.6 Å². The topological polar surface area (TPSA) is 90.9 Å². The van der Waals surface area contributed by atoms with Gasteiger partial charge in [-0.2, -0.15) is 8.42 Å². The zero-order chi connectivity index (χ0) is 25.5. The molecule has 35 heavy (non-hydrogen) atoms. The van der Waals surface area contributed by atoms with Gasteiger partial charge < -0.3 is 19.0 Å². The molecular formula is C27H31NO6S. The monoisotopic (exact) mass is 497 g/mol. The van der Waals surface area contributed by atoms with Crippen molar-refractivity contribution in [3.8, 4) is 5.75 Å². The van der Waals surface area contributed by atoms with Crippen molar-refractivity contribution in [3.63, 3.8) is 0 Å². The minimum atomic E-state index is -4.00. The van der Waals surface area contributed by atoms with E-state index in [9.17, 15) is 13.2 Å². The number of rotatable bonds is 9. The molecule has 0 saturated heterocycles. The molecule has 1 amide bonds. The molecule has 3 aromatic rings. The molecule has 186 valence electrons. The van der Waals surface area contributed by atoms with Crippen molar-refractivity contribution in [1.82, 2.24) is 5.32 Å². The van der Waals surface area contributed by atoms with Crippen LogP contribution in [0.3, 0.4) is 0 Å². The number of hydrogen-bond donors (Lipinski definition) is 1. The summed E-state index contributed by atoms with van der Waals surface area (Å²) >= 11 is 0. The van der Waals surface area contributed by atoms with E-state index in [1.54, 1.807) is 57.2 Å². The van der Waals surface area contributed by atoms with Crippen LogP contribution in [0.15, 0.2) is 83.8 Å². The molecule has 0 heterocycles. The molecule has 0 aliphatic carbocycles. The minimum absolute atomic E-state index is 0.0666. The maximum Gasteiger partial charge on any atom is 0.407 e. The van der Waals surface area contributed by atoms with E-state index in [1.807, 2.05) is 37.3 Å². The third kappa shape index (κ3) is 8.42. The smallest absolute Gasteiger partial charge is 0.407 e. The number of hydrogen-bond acceptors (Lipinski definition) is 6. The Kier molecular flexibility index (Phi) is 8.53. The van der Waals surface area contributed by atoms with Gasteiger partial charge in [0, 0.05) is 0 Å². The molecule has 1 N–H and O–H groups in total. The molecule has 0 spiro atoms. The average Bonchev–Trinajstić information content (AvgIpc) is 2.79. The summed E-state index contributed by atoms with van der Waals surface area (Å²) in [4.78, 5) is 12.3. The van der Waals surface area contributed by atoms with E-state index in [2.05, 4.69) is 5.32 Å². The van der Waals surface area contributed by atoms with Gasteiger partial charge in [-0.1, -0.05) is 60.2 Å². The third-order valence-electron chi connectivity index (χ3n) is 4.87. The molecule has 7 nitrogen and oxygen atoms in total. The van der Waals surface area contributed by atoms with Gasteiger partial charge in [0.15, 0.2) is 0 Å². The standard InChI is InChI=1S/C27H31NO6S/c1-20-13-15-24(16-14-20)35(30,31)34-23-12-8-11-22(17-23)25(18-28-26(29)33-27(2,3)4)32-19-21-9-6-5-7-10-21/h5-17,25H,18-19H2,1-4H3,(H,28,29). The van der Waals surface area contributed by atoms with Crippen molar-refractivity contribution in [2.75, 3.05) is 6.54 Å². The highest BCUT2D eigenvalue weighted by molar-refractivity contribution is 7.87. The lowest BCUT2D eigenvalue weighted by Crippen LogP contribution is -2.35. The SMILES string of the molecule is Cc1ccc(S(=O)(=O)Oc2cccc(C(CNC(=O)OC(C)(C)C)OCc3ccccc3)c2)cc1. The molecule has 0 aliphatic rings. The molecule has 0 saturated carbocycles. The second-order valence-corrected chi connectivity index (χ2v) is 10.6. The van der Waals surface area contributed by atoms with Crippen LogP contribution in [0, 0.1) is 6.92 Å². The zero-order valence-corrected chi connectivity index (χ0v) is 21.2. The van der Waals surface area contributed by atoms with Gasteiger partial charge in [0.05, 0.1) is 13.2 Å². The van der Waals surface area contributed by atoms with Gasteiger partial charge in [0.1, 0.15) is 22.4 Å². The molecule has 0 bridgehead atoms. The normalized spacial score (nSPS) is 12.6. The van der Waals surface area contributed by atoms with E-state index in [1.165, 1.54) is 12.1 Å². The average molecular weight is 498 g/mol. The molecule has 1 atom stereocenters. The number of amides is 1. The number of ether oxygens (including phenoxy) is 2. The fraction of sp³-hybridized carbons (Fsp3) is 0.296. The van der Waals surface area contributed by atoms with Crippen LogP contribution >= 0.6 is 0 Å². The minimum Gasteiger partial charge on any atom is -0.444 e. The maximum absolute atomic E-state index is 12.7. The van der Waals surface area contributed by atoms with Crippen molar-refractivity contribution >= 4 is 16.2 Å². The van der Waals surface area contributed by atoms with E-state index in [-0.39, 0.29) is 17.2 Å². The highest BCUT2D eigenvalue weighted by Gasteiger charge is 2.21. The van der Waals surface area contributed by atoms with Crippen molar-refractivity contribution in [1.29, 1.82) is 0 Å². The van der Waals surface area contributed by atoms with Crippen LogP contribution in [0.2, 0.25) is 0 Å². The maximum atomic E-state index is 12.7. The molecule has 3 aromatic carbocycles. The lowest BCUT2D eigenvalue weighted by atomic mass is 10.1. The number of carbonyl (C=O) groups excluding carboxylic acids is 1. The summed E-state index contributed by atoms with van der Waals surface area (Å²) in [7, 11) is -4.00. The van der Waals surface area contributed by atoms with E-state index in [0.29, 0.717) is 12.2 Å². The molecule has 0 fully saturated rings. The number of aryl methyl sites for hydroxylation is 1. The number of nitrogens with one attached hydrogen (secondary N) is 1. The molecule has 3 rings (SSSR count). The summed E-state index contributed by atoms with van der Waals surface area (Å²) in [6.45, 7) is 7.65. The van der Waals surface area contributed by atoms with E-state index >= 15 is 0 Å². The van der Waals surface area contributed by atoms with Crippen molar-refractivity contribution in [2.24, 2.45) is 0 Å². The highest BCUT2D eigenvalue weighted by atomic mass is 32.2. The summed E-state index contributed by atoms with van der Waals surface area (Å²) in [5, 5.41) is 2.73. The Bertz CT molecular complexity index is 1220. The van der Waals surface area contributed by atoms with Crippen LogP contribution in [-0.4, -0.2) is 26.7 Å². The van der Waals surface area contributed by atoms with Crippen LogP contribution in [0.25, 0.3) is 0 Å². The Morgan fingerprint density at radius 3 is 2.29 bits per heavy atom. The van der Waals surface area contributed by atoms with Crippen LogP contribution < -0.4 is 9.50 Å². The third-order valence-corrected chi connectivity index (χ3v) is 6.13. The predicted molar refractivity (Wildman–Crippen MR) is 134 cm³/mol. The summed E-state index contributed by atoms with van der Waals surface area (Å²) in [5.74, 6) is 0.147. The van der Waals surface area contributed by atoms with Crippen LogP contribution in [0.1, 0.15) is 43.6 Å².